The molecule has 128 valence electrons. The molecule has 0 spiro atoms. The molecule has 3 rings (SSSR count). The molecule has 1 aromatic carbocycles. The molecular weight excluding hydrogens is 322 g/mol. The molecule has 2 aromatic rings. The zero-order valence-electron chi connectivity index (χ0n) is 14.2. The maximum absolute atomic E-state index is 12.5. The van der Waals surface area contributed by atoms with Gasteiger partial charge in [-0.2, -0.15) is 0 Å². The first-order valence-corrected chi connectivity index (χ1v) is 9.05. The Hall–Kier alpha value is -1.76. The van der Waals surface area contributed by atoms with Crippen LogP contribution in [0.3, 0.4) is 0 Å². The number of aryl methyl sites for hydroxylation is 1. The van der Waals surface area contributed by atoms with E-state index in [1.54, 1.807) is 16.2 Å². The number of amides is 1. The molecule has 0 unspecified atom stereocenters. The second-order valence-electron chi connectivity index (χ2n) is 6.15. The fourth-order valence-electron chi connectivity index (χ4n) is 2.76. The topological polar surface area (TPSA) is 45.7 Å². The first kappa shape index (κ1) is 17.1. The average molecular weight is 345 g/mol. The standard InChI is InChI=1S/C18H23N3O2S/c1-14-4-3-5-15(10-14)18(22)20(2)11-16-13-24-17(19-16)12-21-6-8-23-9-7-21/h3-5,10,13H,6-9,11-12H2,1-2H3. The van der Waals surface area contributed by atoms with Gasteiger partial charge in [0.05, 0.1) is 32.0 Å². The third kappa shape index (κ3) is 4.41. The molecule has 0 radical (unpaired) electrons. The molecule has 5 nitrogen and oxygen atoms in total. The smallest absolute Gasteiger partial charge is 0.253 e. The number of nitrogens with zero attached hydrogens (tertiary/aromatic N) is 3. The van der Waals surface area contributed by atoms with E-state index in [-0.39, 0.29) is 5.91 Å². The summed E-state index contributed by atoms with van der Waals surface area (Å²) in [5.74, 6) is 0.0291. The van der Waals surface area contributed by atoms with Crippen LogP contribution in [0.5, 0.6) is 0 Å². The largest absolute Gasteiger partial charge is 0.379 e. The van der Waals surface area contributed by atoms with Gasteiger partial charge < -0.3 is 9.64 Å². The molecule has 0 N–H and O–H groups in total. The number of thiazole rings is 1. The van der Waals surface area contributed by atoms with E-state index in [4.69, 9.17) is 4.74 Å². The first-order chi connectivity index (χ1) is 11.6. The van der Waals surface area contributed by atoms with Crippen LogP contribution in [0, 0.1) is 6.92 Å². The van der Waals surface area contributed by atoms with Gasteiger partial charge in [0.15, 0.2) is 0 Å². The molecule has 6 heteroatoms. The summed E-state index contributed by atoms with van der Waals surface area (Å²) in [5.41, 5.74) is 2.77. The quantitative estimate of drug-likeness (QED) is 0.835. The molecule has 1 aromatic heterocycles. The number of morpholine rings is 1. The molecule has 1 aliphatic rings. The van der Waals surface area contributed by atoms with Crippen molar-refractivity contribution in [3.8, 4) is 0 Å². The summed E-state index contributed by atoms with van der Waals surface area (Å²) in [6.07, 6.45) is 0. The van der Waals surface area contributed by atoms with Gasteiger partial charge in [0.2, 0.25) is 0 Å². The van der Waals surface area contributed by atoms with Crippen molar-refractivity contribution in [2.75, 3.05) is 33.4 Å². The van der Waals surface area contributed by atoms with Gasteiger partial charge in [-0.05, 0) is 19.1 Å². The Morgan fingerprint density at radius 1 is 1.38 bits per heavy atom. The van der Waals surface area contributed by atoms with Crippen LogP contribution in [-0.2, 0) is 17.8 Å². The average Bonchev–Trinajstić information content (AvgIpc) is 3.02. The van der Waals surface area contributed by atoms with Crippen LogP contribution in [0.2, 0.25) is 0 Å². The van der Waals surface area contributed by atoms with Crippen molar-refractivity contribution in [2.45, 2.75) is 20.0 Å². The Kier molecular flexibility index (Phi) is 5.60. The van der Waals surface area contributed by atoms with Crippen molar-refractivity contribution in [1.82, 2.24) is 14.8 Å². The minimum absolute atomic E-state index is 0.0291. The lowest BCUT2D eigenvalue weighted by Gasteiger charge is -2.25. The van der Waals surface area contributed by atoms with E-state index in [1.807, 2.05) is 38.2 Å². The van der Waals surface area contributed by atoms with Gasteiger partial charge >= 0.3 is 0 Å². The van der Waals surface area contributed by atoms with E-state index in [9.17, 15) is 4.79 Å². The van der Waals surface area contributed by atoms with Gasteiger partial charge in [-0.1, -0.05) is 17.7 Å². The summed E-state index contributed by atoms with van der Waals surface area (Å²) < 4.78 is 5.37. The maximum atomic E-state index is 12.5. The maximum Gasteiger partial charge on any atom is 0.253 e. The van der Waals surface area contributed by atoms with Crippen molar-refractivity contribution < 1.29 is 9.53 Å². The van der Waals surface area contributed by atoms with Gasteiger partial charge in [0.25, 0.3) is 5.91 Å². The molecule has 0 bridgehead atoms. The monoisotopic (exact) mass is 345 g/mol. The van der Waals surface area contributed by atoms with Crippen molar-refractivity contribution in [3.05, 3.63) is 51.5 Å². The lowest BCUT2D eigenvalue weighted by molar-refractivity contribution is 0.0341. The number of carbonyl (C=O) groups is 1. The lowest BCUT2D eigenvalue weighted by Crippen LogP contribution is -2.35. The fourth-order valence-corrected chi connectivity index (χ4v) is 3.58. The SMILES string of the molecule is Cc1cccc(C(=O)N(C)Cc2csc(CN3CCOCC3)n2)c1. The third-order valence-electron chi connectivity index (χ3n) is 4.07. The van der Waals surface area contributed by atoms with E-state index >= 15 is 0 Å². The fraction of sp³-hybridized carbons (Fsp3) is 0.444. The minimum atomic E-state index is 0.0291. The molecule has 2 heterocycles. The summed E-state index contributed by atoms with van der Waals surface area (Å²) in [6.45, 7) is 6.91. The van der Waals surface area contributed by atoms with Crippen LogP contribution in [0.25, 0.3) is 0 Å². The highest BCUT2D eigenvalue weighted by molar-refractivity contribution is 7.09. The highest BCUT2D eigenvalue weighted by Gasteiger charge is 2.16. The van der Waals surface area contributed by atoms with Gasteiger partial charge in [-0.25, -0.2) is 4.98 Å². The Morgan fingerprint density at radius 2 is 2.17 bits per heavy atom. The predicted molar refractivity (Wildman–Crippen MR) is 95.2 cm³/mol. The van der Waals surface area contributed by atoms with E-state index < -0.39 is 0 Å². The van der Waals surface area contributed by atoms with Crippen molar-refractivity contribution in [2.24, 2.45) is 0 Å². The Morgan fingerprint density at radius 3 is 2.92 bits per heavy atom. The molecule has 1 saturated heterocycles. The Balaban J connectivity index is 1.58. The number of ether oxygens (including phenoxy) is 1. The first-order valence-electron chi connectivity index (χ1n) is 8.17. The van der Waals surface area contributed by atoms with Gasteiger partial charge in [-0.15, -0.1) is 11.3 Å². The van der Waals surface area contributed by atoms with Gasteiger partial charge in [-0.3, -0.25) is 9.69 Å². The number of aromatic nitrogens is 1. The molecule has 24 heavy (non-hydrogen) atoms. The number of hydrogen-bond acceptors (Lipinski definition) is 5. The summed E-state index contributed by atoms with van der Waals surface area (Å²) in [4.78, 5) is 21.3. The summed E-state index contributed by atoms with van der Waals surface area (Å²) in [6, 6.07) is 7.69. The molecule has 1 aliphatic heterocycles. The number of carbonyl (C=O) groups excluding carboxylic acids is 1. The van der Waals surface area contributed by atoms with Crippen molar-refractivity contribution >= 4 is 17.2 Å². The Labute approximate surface area is 146 Å². The van der Waals surface area contributed by atoms with Crippen LogP contribution in [-0.4, -0.2) is 54.0 Å². The molecular formula is C18H23N3O2S. The normalized spacial score (nSPS) is 15.4. The van der Waals surface area contributed by atoms with Crippen LogP contribution in [0.4, 0.5) is 0 Å². The summed E-state index contributed by atoms with van der Waals surface area (Å²) in [7, 11) is 1.83. The highest BCUT2D eigenvalue weighted by atomic mass is 32.1. The number of hydrogen-bond donors (Lipinski definition) is 0. The summed E-state index contributed by atoms with van der Waals surface area (Å²) in [5, 5.41) is 3.15. The molecule has 0 saturated carbocycles. The van der Waals surface area contributed by atoms with Gasteiger partial charge in [0.1, 0.15) is 5.01 Å². The van der Waals surface area contributed by atoms with Crippen LogP contribution in [0.1, 0.15) is 26.6 Å². The molecule has 0 atom stereocenters. The van der Waals surface area contributed by atoms with Crippen LogP contribution in [0.15, 0.2) is 29.6 Å². The zero-order valence-corrected chi connectivity index (χ0v) is 15.0. The van der Waals surface area contributed by atoms with Crippen LogP contribution < -0.4 is 0 Å². The van der Waals surface area contributed by atoms with Crippen molar-refractivity contribution in [1.29, 1.82) is 0 Å². The van der Waals surface area contributed by atoms with E-state index in [1.165, 1.54) is 0 Å². The number of rotatable bonds is 5. The summed E-state index contributed by atoms with van der Waals surface area (Å²) >= 11 is 1.66. The predicted octanol–water partition coefficient (Wildman–Crippen LogP) is 2.56. The molecule has 1 fully saturated rings. The molecule has 0 aliphatic carbocycles. The van der Waals surface area contributed by atoms with Crippen LogP contribution >= 0.6 is 11.3 Å². The van der Waals surface area contributed by atoms with E-state index in [0.717, 1.165) is 54.7 Å². The zero-order chi connectivity index (χ0) is 16.9. The van der Waals surface area contributed by atoms with E-state index in [2.05, 4.69) is 15.3 Å². The lowest BCUT2D eigenvalue weighted by atomic mass is 10.1. The Bertz CT molecular complexity index is 695. The number of benzene rings is 1. The van der Waals surface area contributed by atoms with Crippen molar-refractivity contribution in [3.63, 3.8) is 0 Å². The second-order valence-corrected chi connectivity index (χ2v) is 7.09. The van der Waals surface area contributed by atoms with E-state index in [0.29, 0.717) is 6.54 Å². The third-order valence-corrected chi connectivity index (χ3v) is 4.96. The molecule has 1 amide bonds. The second kappa shape index (κ2) is 7.88. The highest BCUT2D eigenvalue weighted by Crippen LogP contribution is 2.16. The minimum Gasteiger partial charge on any atom is -0.379 e. The van der Waals surface area contributed by atoms with Gasteiger partial charge in [0, 0.05) is 31.1 Å².